The van der Waals surface area contributed by atoms with E-state index in [4.69, 9.17) is 9.72 Å². The summed E-state index contributed by atoms with van der Waals surface area (Å²) in [7, 11) is 1.34. The molecule has 0 saturated carbocycles. The number of amides is 2. The lowest BCUT2D eigenvalue weighted by atomic mass is 9.99. The fourth-order valence-corrected chi connectivity index (χ4v) is 4.37. The van der Waals surface area contributed by atoms with E-state index in [1.54, 1.807) is 16.2 Å². The molecule has 7 heteroatoms. The third-order valence-electron chi connectivity index (χ3n) is 4.77. The Morgan fingerprint density at radius 3 is 2.81 bits per heavy atom. The van der Waals surface area contributed by atoms with Gasteiger partial charge in [0.25, 0.3) is 0 Å². The first kappa shape index (κ1) is 18.6. The Morgan fingerprint density at radius 1 is 1.35 bits per heavy atom. The Bertz CT molecular complexity index is 756. The van der Waals surface area contributed by atoms with E-state index in [0.717, 1.165) is 23.4 Å². The fraction of sp³-hybridized carbons (Fsp3) is 0.526. The van der Waals surface area contributed by atoms with Crippen molar-refractivity contribution in [2.45, 2.75) is 38.6 Å². The number of carbonyl (C=O) groups is 2. The van der Waals surface area contributed by atoms with Crippen LogP contribution in [-0.4, -0.2) is 48.1 Å². The Morgan fingerprint density at radius 2 is 2.12 bits per heavy atom. The van der Waals surface area contributed by atoms with Gasteiger partial charge in [-0.1, -0.05) is 26.0 Å². The SMILES string of the molecule is COC(=O)C(NC(=O)N1CCCC(c2nc3ccccc3s2)C1)C(C)C. The van der Waals surface area contributed by atoms with Crippen molar-refractivity contribution in [1.29, 1.82) is 0 Å². The van der Waals surface area contributed by atoms with Gasteiger partial charge < -0.3 is 15.0 Å². The number of likely N-dealkylation sites (tertiary alicyclic amines) is 1. The molecule has 0 aliphatic carbocycles. The summed E-state index contributed by atoms with van der Waals surface area (Å²) < 4.78 is 5.98. The maximum Gasteiger partial charge on any atom is 0.328 e. The molecule has 1 fully saturated rings. The number of para-hydroxylation sites is 1. The fourth-order valence-electron chi connectivity index (χ4n) is 3.28. The van der Waals surface area contributed by atoms with Crippen molar-refractivity contribution < 1.29 is 14.3 Å². The van der Waals surface area contributed by atoms with Crippen LogP contribution in [0.2, 0.25) is 0 Å². The summed E-state index contributed by atoms with van der Waals surface area (Å²) in [4.78, 5) is 31.1. The number of hydrogen-bond donors (Lipinski definition) is 1. The standard InChI is InChI=1S/C19H25N3O3S/c1-12(2)16(18(23)25-3)21-19(24)22-10-6-7-13(11-22)17-20-14-8-4-5-9-15(14)26-17/h4-5,8-9,12-13,16H,6-7,10-11H2,1-3H3,(H,21,24). The summed E-state index contributed by atoms with van der Waals surface area (Å²) in [5.41, 5.74) is 1.01. The molecule has 1 aromatic carbocycles. The molecule has 0 spiro atoms. The van der Waals surface area contributed by atoms with Crippen LogP contribution in [0.5, 0.6) is 0 Å². The van der Waals surface area contributed by atoms with Crippen molar-refractivity contribution >= 4 is 33.6 Å². The molecule has 3 rings (SSSR count). The number of carbonyl (C=O) groups excluding carboxylic acids is 2. The van der Waals surface area contributed by atoms with Crippen LogP contribution in [0.15, 0.2) is 24.3 Å². The average Bonchev–Trinajstić information content (AvgIpc) is 3.09. The molecule has 6 nitrogen and oxygen atoms in total. The first-order chi connectivity index (χ1) is 12.5. The van der Waals surface area contributed by atoms with Gasteiger partial charge in [0.05, 0.1) is 22.3 Å². The van der Waals surface area contributed by atoms with E-state index in [0.29, 0.717) is 13.1 Å². The Labute approximate surface area is 157 Å². The number of methoxy groups -OCH3 is 1. The maximum absolute atomic E-state index is 12.7. The first-order valence-electron chi connectivity index (χ1n) is 8.98. The van der Waals surface area contributed by atoms with E-state index in [9.17, 15) is 9.59 Å². The molecular weight excluding hydrogens is 350 g/mol. The molecule has 1 aliphatic rings. The van der Waals surface area contributed by atoms with Crippen molar-refractivity contribution in [3.05, 3.63) is 29.3 Å². The van der Waals surface area contributed by atoms with E-state index in [1.807, 2.05) is 32.0 Å². The number of rotatable bonds is 4. The minimum atomic E-state index is -0.629. The van der Waals surface area contributed by atoms with Gasteiger partial charge in [0.1, 0.15) is 6.04 Å². The Balaban J connectivity index is 1.69. The van der Waals surface area contributed by atoms with Crippen LogP contribution in [0.1, 0.15) is 37.6 Å². The van der Waals surface area contributed by atoms with Gasteiger partial charge >= 0.3 is 12.0 Å². The minimum absolute atomic E-state index is 0.0313. The van der Waals surface area contributed by atoms with Crippen LogP contribution < -0.4 is 5.32 Å². The van der Waals surface area contributed by atoms with Gasteiger partial charge in [-0.2, -0.15) is 0 Å². The normalized spacial score (nSPS) is 18.8. The van der Waals surface area contributed by atoms with Gasteiger partial charge in [0, 0.05) is 19.0 Å². The molecule has 1 aromatic heterocycles. The summed E-state index contributed by atoms with van der Waals surface area (Å²) in [5, 5.41) is 3.91. The molecule has 2 aromatic rings. The molecule has 0 radical (unpaired) electrons. The number of hydrogen-bond acceptors (Lipinski definition) is 5. The van der Waals surface area contributed by atoms with Crippen LogP contribution >= 0.6 is 11.3 Å². The second-order valence-corrected chi connectivity index (χ2v) is 8.06. The molecule has 2 unspecified atom stereocenters. The number of nitrogens with zero attached hydrogens (tertiary/aromatic N) is 2. The molecule has 26 heavy (non-hydrogen) atoms. The number of benzene rings is 1. The number of esters is 1. The summed E-state index contributed by atoms with van der Waals surface area (Å²) in [5.74, 6) is -0.202. The highest BCUT2D eigenvalue weighted by atomic mass is 32.1. The van der Waals surface area contributed by atoms with Crippen molar-refractivity contribution in [3.8, 4) is 0 Å². The lowest BCUT2D eigenvalue weighted by Gasteiger charge is -2.33. The van der Waals surface area contributed by atoms with E-state index in [-0.39, 0.29) is 17.9 Å². The largest absolute Gasteiger partial charge is 0.467 e. The number of thiazole rings is 1. The second-order valence-electron chi connectivity index (χ2n) is 7.00. The van der Waals surface area contributed by atoms with Gasteiger partial charge in [-0.15, -0.1) is 11.3 Å². The Kier molecular flexibility index (Phi) is 5.76. The quantitative estimate of drug-likeness (QED) is 0.832. The van der Waals surface area contributed by atoms with Gasteiger partial charge in [-0.25, -0.2) is 14.6 Å². The van der Waals surface area contributed by atoms with Crippen LogP contribution in [0, 0.1) is 5.92 Å². The number of nitrogens with one attached hydrogen (secondary N) is 1. The zero-order valence-corrected chi connectivity index (χ0v) is 16.2. The third-order valence-corrected chi connectivity index (χ3v) is 5.97. The van der Waals surface area contributed by atoms with E-state index in [1.165, 1.54) is 11.8 Å². The van der Waals surface area contributed by atoms with Crippen LogP contribution in [0.25, 0.3) is 10.2 Å². The first-order valence-corrected chi connectivity index (χ1v) is 9.80. The van der Waals surface area contributed by atoms with Crippen LogP contribution in [0.3, 0.4) is 0 Å². The predicted molar refractivity (Wildman–Crippen MR) is 102 cm³/mol. The molecule has 2 atom stereocenters. The summed E-state index contributed by atoms with van der Waals surface area (Å²) in [6.07, 6.45) is 1.95. The second kappa shape index (κ2) is 8.03. The zero-order chi connectivity index (χ0) is 18.7. The predicted octanol–water partition coefficient (Wildman–Crippen LogP) is 3.38. The molecule has 1 saturated heterocycles. The third kappa shape index (κ3) is 3.98. The zero-order valence-electron chi connectivity index (χ0n) is 15.4. The smallest absolute Gasteiger partial charge is 0.328 e. The number of ether oxygens (including phenoxy) is 1. The maximum atomic E-state index is 12.7. The van der Waals surface area contributed by atoms with Crippen molar-refractivity contribution in [2.24, 2.45) is 5.92 Å². The highest BCUT2D eigenvalue weighted by molar-refractivity contribution is 7.18. The lowest BCUT2D eigenvalue weighted by Crippen LogP contribution is -2.52. The molecule has 140 valence electrons. The van der Waals surface area contributed by atoms with Gasteiger partial charge in [-0.3, -0.25) is 0 Å². The number of fused-ring (bicyclic) bond motifs is 1. The lowest BCUT2D eigenvalue weighted by molar-refractivity contribution is -0.144. The minimum Gasteiger partial charge on any atom is -0.467 e. The molecule has 0 bridgehead atoms. The highest BCUT2D eigenvalue weighted by Gasteiger charge is 2.31. The van der Waals surface area contributed by atoms with Crippen LogP contribution in [-0.2, 0) is 9.53 Å². The van der Waals surface area contributed by atoms with E-state index < -0.39 is 12.0 Å². The number of aromatic nitrogens is 1. The van der Waals surface area contributed by atoms with Gasteiger partial charge in [-0.05, 0) is 30.9 Å². The highest BCUT2D eigenvalue weighted by Crippen LogP contribution is 2.32. The van der Waals surface area contributed by atoms with Gasteiger partial charge in [0.2, 0.25) is 0 Å². The topological polar surface area (TPSA) is 71.5 Å². The van der Waals surface area contributed by atoms with E-state index >= 15 is 0 Å². The summed E-state index contributed by atoms with van der Waals surface area (Å²) in [6, 6.07) is 7.27. The average molecular weight is 375 g/mol. The molecule has 2 amide bonds. The summed E-state index contributed by atoms with van der Waals surface area (Å²) in [6.45, 7) is 5.10. The Hall–Kier alpha value is -2.15. The molecular formula is C19H25N3O3S. The number of urea groups is 1. The van der Waals surface area contributed by atoms with Gasteiger partial charge in [0.15, 0.2) is 0 Å². The van der Waals surface area contributed by atoms with E-state index in [2.05, 4.69) is 11.4 Å². The monoisotopic (exact) mass is 375 g/mol. The molecule has 1 aliphatic heterocycles. The number of piperidine rings is 1. The molecule has 1 N–H and O–H groups in total. The summed E-state index contributed by atoms with van der Waals surface area (Å²) >= 11 is 1.70. The van der Waals surface area contributed by atoms with Crippen LogP contribution in [0.4, 0.5) is 4.79 Å². The van der Waals surface area contributed by atoms with Crippen molar-refractivity contribution in [2.75, 3.05) is 20.2 Å². The van der Waals surface area contributed by atoms with Crippen molar-refractivity contribution in [3.63, 3.8) is 0 Å². The van der Waals surface area contributed by atoms with Crippen molar-refractivity contribution in [1.82, 2.24) is 15.2 Å². The molecule has 2 heterocycles.